The molecular weight excluding hydrogens is 335 g/mol. The minimum absolute atomic E-state index is 0.0484. The number of rotatable bonds is 4. The van der Waals surface area contributed by atoms with E-state index in [1.807, 2.05) is 24.3 Å². The van der Waals surface area contributed by atoms with E-state index in [0.717, 1.165) is 16.9 Å². The molecule has 7 heteroatoms. The molecule has 0 aliphatic carbocycles. The SMILES string of the molecule is COc1cccc(CN2N=CN3NC(c4ccc(F)cc4)CC3C2=O)c1. The minimum Gasteiger partial charge on any atom is -0.497 e. The summed E-state index contributed by atoms with van der Waals surface area (Å²) in [5, 5.41) is 7.48. The lowest BCUT2D eigenvalue weighted by Gasteiger charge is -2.30. The number of methoxy groups -OCH3 is 1. The number of hydrogen-bond donors (Lipinski definition) is 1. The zero-order valence-electron chi connectivity index (χ0n) is 14.3. The molecule has 2 aliphatic heterocycles. The first-order valence-corrected chi connectivity index (χ1v) is 8.42. The molecule has 0 radical (unpaired) electrons. The predicted octanol–water partition coefficient (Wildman–Crippen LogP) is 2.44. The van der Waals surface area contributed by atoms with Crippen molar-refractivity contribution >= 4 is 12.2 Å². The predicted molar refractivity (Wildman–Crippen MR) is 94.6 cm³/mol. The summed E-state index contributed by atoms with van der Waals surface area (Å²) in [5.41, 5.74) is 5.15. The summed E-state index contributed by atoms with van der Waals surface area (Å²) >= 11 is 0. The van der Waals surface area contributed by atoms with E-state index in [1.54, 1.807) is 30.6 Å². The molecule has 6 nitrogen and oxygen atoms in total. The van der Waals surface area contributed by atoms with E-state index in [1.165, 1.54) is 17.1 Å². The van der Waals surface area contributed by atoms with Gasteiger partial charge >= 0.3 is 0 Å². The van der Waals surface area contributed by atoms with Crippen LogP contribution in [0.25, 0.3) is 0 Å². The summed E-state index contributed by atoms with van der Waals surface area (Å²) in [5.74, 6) is 0.412. The van der Waals surface area contributed by atoms with Crippen LogP contribution in [0.5, 0.6) is 5.75 Å². The molecule has 2 aliphatic rings. The van der Waals surface area contributed by atoms with Crippen LogP contribution in [-0.2, 0) is 11.3 Å². The van der Waals surface area contributed by atoms with Crippen LogP contribution >= 0.6 is 0 Å². The summed E-state index contributed by atoms with van der Waals surface area (Å²) in [6, 6.07) is 13.5. The van der Waals surface area contributed by atoms with E-state index >= 15 is 0 Å². The minimum atomic E-state index is -0.326. The van der Waals surface area contributed by atoms with Crippen LogP contribution in [0.15, 0.2) is 53.6 Å². The number of carbonyl (C=O) groups excluding carboxylic acids is 1. The number of hydrazine groups is 1. The van der Waals surface area contributed by atoms with Gasteiger partial charge in [-0.15, -0.1) is 0 Å². The topological polar surface area (TPSA) is 57.2 Å². The van der Waals surface area contributed by atoms with Crippen molar-refractivity contribution in [2.45, 2.75) is 25.0 Å². The van der Waals surface area contributed by atoms with Gasteiger partial charge in [-0.2, -0.15) is 5.10 Å². The lowest BCUT2D eigenvalue weighted by molar-refractivity contribution is -0.137. The Labute approximate surface area is 150 Å². The van der Waals surface area contributed by atoms with Crippen LogP contribution in [0.1, 0.15) is 23.6 Å². The Morgan fingerprint density at radius 2 is 2.08 bits per heavy atom. The van der Waals surface area contributed by atoms with Crippen LogP contribution in [-0.4, -0.2) is 35.4 Å². The number of nitrogens with zero attached hydrogens (tertiary/aromatic N) is 3. The molecule has 2 unspecified atom stereocenters. The second-order valence-corrected chi connectivity index (χ2v) is 6.37. The van der Waals surface area contributed by atoms with Gasteiger partial charge in [-0.3, -0.25) is 9.80 Å². The van der Waals surface area contributed by atoms with E-state index in [9.17, 15) is 9.18 Å². The molecule has 0 aromatic heterocycles. The van der Waals surface area contributed by atoms with Gasteiger partial charge in [-0.05, 0) is 41.8 Å². The van der Waals surface area contributed by atoms with Gasteiger partial charge in [0.1, 0.15) is 23.9 Å². The van der Waals surface area contributed by atoms with Gasteiger partial charge in [0.15, 0.2) is 0 Å². The first kappa shape index (κ1) is 16.5. The van der Waals surface area contributed by atoms with Crippen LogP contribution in [0.2, 0.25) is 0 Å². The third kappa shape index (κ3) is 3.13. The number of hydrogen-bond acceptors (Lipinski definition) is 5. The second kappa shape index (κ2) is 6.76. The summed E-state index contributed by atoms with van der Waals surface area (Å²) < 4.78 is 18.3. The van der Waals surface area contributed by atoms with E-state index in [0.29, 0.717) is 13.0 Å². The number of benzene rings is 2. The number of hydrazone groups is 1. The molecule has 0 bridgehead atoms. The van der Waals surface area contributed by atoms with Crippen molar-refractivity contribution in [3.05, 3.63) is 65.5 Å². The number of carbonyl (C=O) groups is 1. The Balaban J connectivity index is 1.47. The number of halogens is 1. The summed E-state index contributed by atoms with van der Waals surface area (Å²) in [7, 11) is 1.61. The van der Waals surface area contributed by atoms with Crippen LogP contribution in [0.4, 0.5) is 4.39 Å². The fourth-order valence-corrected chi connectivity index (χ4v) is 3.31. The Morgan fingerprint density at radius 3 is 2.85 bits per heavy atom. The Kier molecular flexibility index (Phi) is 4.30. The largest absolute Gasteiger partial charge is 0.497 e. The van der Waals surface area contributed by atoms with Gasteiger partial charge in [-0.1, -0.05) is 24.3 Å². The van der Waals surface area contributed by atoms with Gasteiger partial charge in [-0.25, -0.2) is 14.8 Å². The molecule has 1 fully saturated rings. The van der Waals surface area contributed by atoms with Crippen LogP contribution < -0.4 is 10.2 Å². The van der Waals surface area contributed by atoms with Crippen molar-refractivity contribution in [1.82, 2.24) is 15.4 Å². The lowest BCUT2D eigenvalue weighted by Crippen LogP contribution is -2.50. The van der Waals surface area contributed by atoms with Gasteiger partial charge < -0.3 is 4.74 Å². The quantitative estimate of drug-likeness (QED) is 0.916. The second-order valence-electron chi connectivity index (χ2n) is 6.37. The van der Waals surface area contributed by atoms with Gasteiger partial charge in [0.25, 0.3) is 5.91 Å². The first-order chi connectivity index (χ1) is 12.6. The van der Waals surface area contributed by atoms with Crippen molar-refractivity contribution in [2.24, 2.45) is 5.10 Å². The Hall–Kier alpha value is -2.93. The van der Waals surface area contributed by atoms with Crippen LogP contribution in [0.3, 0.4) is 0 Å². The molecule has 0 spiro atoms. The van der Waals surface area contributed by atoms with Gasteiger partial charge in [0.2, 0.25) is 0 Å². The van der Waals surface area contributed by atoms with Gasteiger partial charge in [0.05, 0.1) is 19.7 Å². The molecular formula is C19H19FN4O2. The molecule has 1 saturated heterocycles. The molecule has 2 aromatic rings. The first-order valence-electron chi connectivity index (χ1n) is 8.42. The highest BCUT2D eigenvalue weighted by Gasteiger charge is 2.40. The van der Waals surface area contributed by atoms with E-state index < -0.39 is 0 Å². The maximum Gasteiger partial charge on any atom is 0.267 e. The highest BCUT2D eigenvalue weighted by molar-refractivity contribution is 5.87. The monoisotopic (exact) mass is 354 g/mol. The molecule has 2 aromatic carbocycles. The third-order valence-corrected chi connectivity index (χ3v) is 4.69. The average Bonchev–Trinajstić information content (AvgIpc) is 3.10. The average molecular weight is 354 g/mol. The third-order valence-electron chi connectivity index (χ3n) is 4.69. The highest BCUT2D eigenvalue weighted by atomic mass is 19.1. The highest BCUT2D eigenvalue weighted by Crippen LogP contribution is 2.30. The zero-order valence-corrected chi connectivity index (χ0v) is 14.3. The number of amides is 1. The Bertz CT molecular complexity index is 840. The fraction of sp³-hybridized carbons (Fsp3) is 0.263. The van der Waals surface area contributed by atoms with E-state index in [-0.39, 0.29) is 23.8 Å². The molecule has 1 N–H and O–H groups in total. The molecule has 4 rings (SSSR count). The summed E-state index contributed by atoms with van der Waals surface area (Å²) in [6.45, 7) is 0.387. The maximum atomic E-state index is 13.1. The van der Waals surface area contributed by atoms with E-state index in [2.05, 4.69) is 10.5 Å². The molecule has 2 atom stereocenters. The van der Waals surface area contributed by atoms with Crippen molar-refractivity contribution < 1.29 is 13.9 Å². The summed E-state index contributed by atoms with van der Waals surface area (Å²) in [4.78, 5) is 12.8. The Morgan fingerprint density at radius 1 is 1.27 bits per heavy atom. The smallest absolute Gasteiger partial charge is 0.267 e. The van der Waals surface area contributed by atoms with Gasteiger partial charge in [0, 0.05) is 0 Å². The normalized spacial score (nSPS) is 21.8. The van der Waals surface area contributed by atoms with Crippen molar-refractivity contribution in [2.75, 3.05) is 7.11 Å². The van der Waals surface area contributed by atoms with Crippen molar-refractivity contribution in [3.63, 3.8) is 0 Å². The van der Waals surface area contributed by atoms with E-state index in [4.69, 9.17) is 4.74 Å². The lowest BCUT2D eigenvalue weighted by atomic mass is 10.0. The molecule has 26 heavy (non-hydrogen) atoms. The summed E-state index contributed by atoms with van der Waals surface area (Å²) in [6.07, 6.45) is 2.24. The van der Waals surface area contributed by atoms with Crippen molar-refractivity contribution in [1.29, 1.82) is 0 Å². The molecule has 2 heterocycles. The number of nitrogens with one attached hydrogen (secondary N) is 1. The zero-order chi connectivity index (χ0) is 18.1. The molecule has 0 saturated carbocycles. The molecule has 134 valence electrons. The maximum absolute atomic E-state index is 13.1. The number of fused-ring (bicyclic) bond motifs is 1. The molecule has 1 amide bonds. The van der Waals surface area contributed by atoms with Crippen molar-refractivity contribution in [3.8, 4) is 5.75 Å². The standard InChI is InChI=1S/C19H19FN4O2/c1-26-16-4-2-3-13(9-16)11-23-19(25)18-10-17(22-24(18)12-21-23)14-5-7-15(20)8-6-14/h2-9,12,17-18,22H,10-11H2,1H3. The van der Waals surface area contributed by atoms with Crippen LogP contribution in [0, 0.1) is 5.82 Å². The number of ether oxygens (including phenoxy) is 1. The fourth-order valence-electron chi connectivity index (χ4n) is 3.31.